The maximum atomic E-state index is 13.0. The molecule has 2 aromatic heterocycles. The summed E-state index contributed by atoms with van der Waals surface area (Å²) in [7, 11) is 0. The second kappa shape index (κ2) is 10.8. The van der Waals surface area contributed by atoms with Crippen LogP contribution in [0.25, 0.3) is 22.4 Å². The molecule has 0 radical (unpaired) electrons. The Morgan fingerprint density at radius 3 is 2.74 bits per heavy atom. The van der Waals surface area contributed by atoms with Crippen LogP contribution in [-0.2, 0) is 22.5 Å². The van der Waals surface area contributed by atoms with Crippen molar-refractivity contribution < 1.29 is 14.3 Å². The first kappa shape index (κ1) is 23.9. The predicted octanol–water partition coefficient (Wildman–Crippen LogP) is 3.09. The summed E-state index contributed by atoms with van der Waals surface area (Å²) in [5.41, 5.74) is 2.73. The molecule has 1 amide bonds. The fourth-order valence-electron chi connectivity index (χ4n) is 4.23. The molecule has 1 aromatic carbocycles. The number of carbonyl (C=O) groups is 1. The Hall–Kier alpha value is -3.20. The molecule has 1 saturated heterocycles. The average molecular weight is 468 g/mol. The Morgan fingerprint density at radius 2 is 2.00 bits per heavy atom. The van der Waals surface area contributed by atoms with Crippen LogP contribution in [0.2, 0.25) is 0 Å². The van der Waals surface area contributed by atoms with Gasteiger partial charge in [0, 0.05) is 26.1 Å². The second-order valence-corrected chi connectivity index (χ2v) is 8.59. The lowest BCUT2D eigenvalue weighted by atomic mass is 10.0. The van der Waals surface area contributed by atoms with Crippen molar-refractivity contribution >= 4 is 16.9 Å². The Bertz CT molecular complexity index is 1210. The summed E-state index contributed by atoms with van der Waals surface area (Å²) in [6.07, 6.45) is 2.76. The largest absolute Gasteiger partial charge is 0.493 e. The Kier molecular flexibility index (Phi) is 7.62. The third-order valence-corrected chi connectivity index (χ3v) is 5.96. The molecule has 1 fully saturated rings. The summed E-state index contributed by atoms with van der Waals surface area (Å²) < 4.78 is 13.1. The van der Waals surface area contributed by atoms with Gasteiger partial charge in [-0.25, -0.2) is 9.67 Å². The number of H-pyrrole nitrogens is 1. The number of fused-ring (bicyclic) bond motifs is 1. The summed E-state index contributed by atoms with van der Waals surface area (Å²) in [6.45, 7) is 9.65. The van der Waals surface area contributed by atoms with Gasteiger partial charge in [-0.1, -0.05) is 19.9 Å². The maximum Gasteiger partial charge on any atom is 0.262 e. The molecule has 4 rings (SSSR count). The molecule has 34 heavy (non-hydrogen) atoms. The van der Waals surface area contributed by atoms with Crippen LogP contribution in [0.5, 0.6) is 5.75 Å². The number of carbonyl (C=O) groups excluding carboxylic acids is 1. The van der Waals surface area contributed by atoms with E-state index in [2.05, 4.69) is 17.0 Å². The number of aryl methyl sites for hydroxylation is 3. The summed E-state index contributed by atoms with van der Waals surface area (Å²) in [6, 6.07) is 5.84. The minimum absolute atomic E-state index is 0.128. The third kappa shape index (κ3) is 5.14. The minimum Gasteiger partial charge on any atom is -0.493 e. The molecule has 182 valence electrons. The van der Waals surface area contributed by atoms with Crippen molar-refractivity contribution in [3.05, 3.63) is 39.8 Å². The van der Waals surface area contributed by atoms with Crippen molar-refractivity contribution in [2.45, 2.75) is 53.0 Å². The second-order valence-electron chi connectivity index (χ2n) is 8.59. The molecule has 9 nitrogen and oxygen atoms in total. The quantitative estimate of drug-likeness (QED) is 0.519. The molecule has 0 atom stereocenters. The van der Waals surface area contributed by atoms with Crippen molar-refractivity contribution in [3.63, 3.8) is 0 Å². The van der Waals surface area contributed by atoms with Crippen molar-refractivity contribution in [1.29, 1.82) is 0 Å². The van der Waals surface area contributed by atoms with Gasteiger partial charge in [-0.2, -0.15) is 5.10 Å². The highest BCUT2D eigenvalue weighted by Crippen LogP contribution is 2.30. The summed E-state index contributed by atoms with van der Waals surface area (Å²) in [4.78, 5) is 35.2. The number of aromatic amines is 1. The first-order valence-corrected chi connectivity index (χ1v) is 12.1. The zero-order valence-electron chi connectivity index (χ0n) is 20.2. The van der Waals surface area contributed by atoms with Gasteiger partial charge in [0.1, 0.15) is 17.0 Å². The van der Waals surface area contributed by atoms with Gasteiger partial charge in [0.05, 0.1) is 31.1 Å². The van der Waals surface area contributed by atoms with E-state index in [1.807, 2.05) is 36.9 Å². The van der Waals surface area contributed by atoms with Crippen LogP contribution in [0.3, 0.4) is 0 Å². The molecule has 0 aliphatic carbocycles. The van der Waals surface area contributed by atoms with E-state index in [1.165, 1.54) is 0 Å². The van der Waals surface area contributed by atoms with Crippen molar-refractivity contribution in [2.24, 2.45) is 0 Å². The SMILES string of the molecule is CCCOc1ccc(CCC(=O)N2CCOCC2)cc1-c1nc2c(c(C)nn2CCC)c(=O)[nH]1. The maximum absolute atomic E-state index is 13.0. The minimum atomic E-state index is -0.214. The molecule has 0 bridgehead atoms. The van der Waals surface area contributed by atoms with E-state index >= 15 is 0 Å². The van der Waals surface area contributed by atoms with Gasteiger partial charge in [0.15, 0.2) is 5.65 Å². The predicted molar refractivity (Wildman–Crippen MR) is 130 cm³/mol. The molecule has 1 N–H and O–H groups in total. The number of morpholine rings is 1. The smallest absolute Gasteiger partial charge is 0.262 e. The van der Waals surface area contributed by atoms with Crippen LogP contribution in [0.1, 0.15) is 44.4 Å². The van der Waals surface area contributed by atoms with E-state index in [0.29, 0.717) is 86.2 Å². The summed E-state index contributed by atoms with van der Waals surface area (Å²) >= 11 is 0. The molecular formula is C25H33N5O4. The van der Waals surface area contributed by atoms with Gasteiger partial charge in [0.25, 0.3) is 5.56 Å². The number of hydrogen-bond donors (Lipinski definition) is 1. The molecule has 1 aliphatic heterocycles. The van der Waals surface area contributed by atoms with Crippen LogP contribution >= 0.6 is 0 Å². The number of ether oxygens (including phenoxy) is 2. The fraction of sp³-hybridized carbons (Fsp3) is 0.520. The summed E-state index contributed by atoms with van der Waals surface area (Å²) in [5.74, 6) is 1.23. The first-order valence-electron chi connectivity index (χ1n) is 12.1. The zero-order valence-corrected chi connectivity index (χ0v) is 20.2. The van der Waals surface area contributed by atoms with Gasteiger partial charge in [-0.05, 0) is 43.9 Å². The normalized spacial score (nSPS) is 14.0. The lowest BCUT2D eigenvalue weighted by Crippen LogP contribution is -2.40. The lowest BCUT2D eigenvalue weighted by Gasteiger charge is -2.26. The lowest BCUT2D eigenvalue weighted by molar-refractivity contribution is -0.135. The Balaban J connectivity index is 1.67. The van der Waals surface area contributed by atoms with Gasteiger partial charge in [-0.3, -0.25) is 9.59 Å². The Labute approximate surface area is 199 Å². The van der Waals surface area contributed by atoms with Gasteiger partial charge < -0.3 is 19.4 Å². The number of benzene rings is 1. The first-order chi connectivity index (χ1) is 16.5. The van der Waals surface area contributed by atoms with Crippen LogP contribution in [0.15, 0.2) is 23.0 Å². The highest BCUT2D eigenvalue weighted by atomic mass is 16.5. The number of nitrogens with one attached hydrogen (secondary N) is 1. The number of amides is 1. The van der Waals surface area contributed by atoms with E-state index < -0.39 is 0 Å². The molecular weight excluding hydrogens is 434 g/mol. The molecule has 9 heteroatoms. The molecule has 1 aliphatic rings. The molecule has 0 saturated carbocycles. The van der Waals surface area contributed by atoms with E-state index in [1.54, 1.807) is 4.68 Å². The van der Waals surface area contributed by atoms with Crippen LogP contribution in [0.4, 0.5) is 0 Å². The molecule has 3 aromatic rings. The molecule has 0 spiro atoms. The molecule has 3 heterocycles. The van der Waals surface area contributed by atoms with Gasteiger partial charge in [0.2, 0.25) is 5.91 Å². The number of hydrogen-bond acceptors (Lipinski definition) is 6. The highest BCUT2D eigenvalue weighted by Gasteiger charge is 2.19. The Morgan fingerprint density at radius 1 is 1.21 bits per heavy atom. The van der Waals surface area contributed by atoms with E-state index in [-0.39, 0.29) is 11.5 Å². The van der Waals surface area contributed by atoms with E-state index in [4.69, 9.17) is 14.5 Å². The van der Waals surface area contributed by atoms with Crippen LogP contribution < -0.4 is 10.3 Å². The van der Waals surface area contributed by atoms with Crippen molar-refractivity contribution in [1.82, 2.24) is 24.6 Å². The van der Waals surface area contributed by atoms with Crippen LogP contribution in [0, 0.1) is 6.92 Å². The van der Waals surface area contributed by atoms with Gasteiger partial charge in [-0.15, -0.1) is 0 Å². The standard InChI is InChI=1S/C25H33N5O4/c1-4-10-30-24-22(17(3)28-30)25(32)27-23(26-24)19-16-18(6-8-20(19)34-13-5-2)7-9-21(31)29-11-14-33-15-12-29/h6,8,16H,4-5,7,9-15H2,1-3H3,(H,26,27,32). The fourth-order valence-corrected chi connectivity index (χ4v) is 4.23. The average Bonchev–Trinajstić information content (AvgIpc) is 3.17. The molecule has 0 unspecified atom stereocenters. The number of aromatic nitrogens is 4. The van der Waals surface area contributed by atoms with E-state index in [0.717, 1.165) is 18.4 Å². The van der Waals surface area contributed by atoms with Crippen molar-refractivity contribution in [3.8, 4) is 17.1 Å². The monoisotopic (exact) mass is 467 g/mol. The number of rotatable bonds is 9. The van der Waals surface area contributed by atoms with Crippen molar-refractivity contribution in [2.75, 3.05) is 32.9 Å². The van der Waals surface area contributed by atoms with Gasteiger partial charge >= 0.3 is 0 Å². The zero-order chi connectivity index (χ0) is 24.1. The number of nitrogens with zero attached hydrogens (tertiary/aromatic N) is 4. The van der Waals surface area contributed by atoms with E-state index in [9.17, 15) is 9.59 Å². The third-order valence-electron chi connectivity index (χ3n) is 5.96. The summed E-state index contributed by atoms with van der Waals surface area (Å²) in [5, 5.41) is 5.02. The highest BCUT2D eigenvalue weighted by molar-refractivity contribution is 5.80. The van der Waals surface area contributed by atoms with Crippen LogP contribution in [-0.4, -0.2) is 63.5 Å². The topological polar surface area (TPSA) is 102 Å².